The highest BCUT2D eigenvalue weighted by molar-refractivity contribution is 7.86. The summed E-state index contributed by atoms with van der Waals surface area (Å²) in [7, 11) is -5.95. The molecule has 6 aliphatic carbocycles. The maximum Gasteiger partial charge on any atom is 0.402 e. The number of likely N-dealkylation sites (tertiary alicyclic amines) is 1. The van der Waals surface area contributed by atoms with Crippen molar-refractivity contribution >= 4 is 33.9 Å². The van der Waals surface area contributed by atoms with Gasteiger partial charge in [0.05, 0.1) is 23.3 Å². The molecule has 0 aromatic carbocycles. The second kappa shape index (κ2) is 10.8. The minimum Gasteiger partial charge on any atom is -0.459 e. The van der Waals surface area contributed by atoms with Crippen LogP contribution in [0.15, 0.2) is 0 Å². The van der Waals surface area contributed by atoms with E-state index in [4.69, 9.17) is 18.8 Å². The molecule has 280 valence electrons. The Hall–Kier alpha value is -2.51. The summed E-state index contributed by atoms with van der Waals surface area (Å²) in [6, 6.07) is -1.00. The molecular formula is C31H37F6NO11S. The van der Waals surface area contributed by atoms with Gasteiger partial charge in [-0.05, 0) is 50.4 Å². The average molecular weight is 746 g/mol. The van der Waals surface area contributed by atoms with E-state index in [1.54, 1.807) is 20.8 Å². The van der Waals surface area contributed by atoms with E-state index in [-0.39, 0.29) is 25.2 Å². The van der Waals surface area contributed by atoms with Crippen LogP contribution in [0.4, 0.5) is 26.3 Å². The SMILES string of the molecule is CC(C)(C)C(=O)N1C(=O)C2C3CC(C(OC(=O)C45CC6CC(C4)C4(OCC(F)(F)C(F)(F)CO4)C(C6)C5)C31)C2C(=O)OCC(F)(F)S(=O)(=O)O. The summed E-state index contributed by atoms with van der Waals surface area (Å²) in [6.07, 6.45) is -0.194. The zero-order chi connectivity index (χ0) is 36.8. The van der Waals surface area contributed by atoms with Crippen LogP contribution in [-0.2, 0) is 48.2 Å². The van der Waals surface area contributed by atoms with Gasteiger partial charge in [-0.15, -0.1) is 0 Å². The molecule has 0 aromatic heterocycles. The molecule has 8 aliphatic rings. The minimum absolute atomic E-state index is 0.0101. The van der Waals surface area contributed by atoms with Crippen molar-refractivity contribution in [3.05, 3.63) is 0 Å². The molecule has 8 unspecified atom stereocenters. The summed E-state index contributed by atoms with van der Waals surface area (Å²) >= 11 is 0. The Labute approximate surface area is 282 Å². The van der Waals surface area contributed by atoms with Crippen LogP contribution in [0.1, 0.15) is 59.3 Å². The van der Waals surface area contributed by atoms with Crippen molar-refractivity contribution in [2.24, 2.45) is 52.3 Å². The molecule has 19 heteroatoms. The lowest BCUT2D eigenvalue weighted by molar-refractivity contribution is -0.346. The van der Waals surface area contributed by atoms with Crippen molar-refractivity contribution in [1.82, 2.24) is 4.90 Å². The summed E-state index contributed by atoms with van der Waals surface area (Å²) in [6.45, 7) is -0.532. The molecule has 2 heterocycles. The van der Waals surface area contributed by atoms with E-state index in [1.807, 2.05) is 0 Å². The highest BCUT2D eigenvalue weighted by atomic mass is 32.2. The van der Waals surface area contributed by atoms with Gasteiger partial charge in [-0.2, -0.15) is 34.8 Å². The number of halogens is 6. The number of rotatable bonds is 6. The second-order valence-electron chi connectivity index (χ2n) is 16.3. The Bertz CT molecular complexity index is 1600. The van der Waals surface area contributed by atoms with Crippen molar-refractivity contribution in [2.75, 3.05) is 19.8 Å². The summed E-state index contributed by atoms with van der Waals surface area (Å²) < 4.78 is 138. The van der Waals surface area contributed by atoms with Crippen LogP contribution in [0.25, 0.3) is 0 Å². The molecule has 1 spiro atoms. The van der Waals surface area contributed by atoms with Gasteiger partial charge < -0.3 is 18.9 Å². The van der Waals surface area contributed by atoms with E-state index >= 15 is 0 Å². The van der Waals surface area contributed by atoms with E-state index in [1.165, 1.54) is 0 Å². The summed E-state index contributed by atoms with van der Waals surface area (Å²) in [4.78, 5) is 55.9. The normalized spacial score (nSPS) is 40.6. The number of carbonyl (C=O) groups excluding carboxylic acids is 4. The van der Waals surface area contributed by atoms with E-state index in [0.717, 1.165) is 4.90 Å². The van der Waals surface area contributed by atoms with Crippen LogP contribution in [-0.4, -0.2) is 96.5 Å². The lowest BCUT2D eigenvalue weighted by Crippen LogP contribution is -2.65. The summed E-state index contributed by atoms with van der Waals surface area (Å²) in [5.74, 6) is -20.3. The Morgan fingerprint density at radius 2 is 1.50 bits per heavy atom. The van der Waals surface area contributed by atoms with Gasteiger partial charge >= 0.3 is 39.2 Å². The molecule has 2 amide bonds. The first kappa shape index (κ1) is 35.9. The third-order valence-corrected chi connectivity index (χ3v) is 13.1. The zero-order valence-corrected chi connectivity index (χ0v) is 28.0. The van der Waals surface area contributed by atoms with Crippen LogP contribution >= 0.6 is 0 Å². The van der Waals surface area contributed by atoms with Crippen LogP contribution < -0.4 is 0 Å². The first-order valence-electron chi connectivity index (χ1n) is 16.5. The average Bonchev–Trinajstić information content (AvgIpc) is 3.58. The zero-order valence-electron chi connectivity index (χ0n) is 27.2. The van der Waals surface area contributed by atoms with Crippen molar-refractivity contribution in [1.29, 1.82) is 0 Å². The third-order valence-electron chi connectivity index (χ3n) is 12.3. The molecule has 8 rings (SSSR count). The first-order chi connectivity index (χ1) is 22.9. The molecule has 6 bridgehead atoms. The fraction of sp³-hybridized carbons (Fsp3) is 0.871. The number of alkyl halides is 6. The topological polar surface area (TPSA) is 163 Å². The number of amides is 2. The first-order valence-corrected chi connectivity index (χ1v) is 17.9. The van der Waals surface area contributed by atoms with Crippen LogP contribution in [0.5, 0.6) is 0 Å². The van der Waals surface area contributed by atoms with Gasteiger partial charge in [-0.25, -0.2) is 0 Å². The van der Waals surface area contributed by atoms with E-state index in [2.05, 4.69) is 4.74 Å². The molecule has 1 N–H and O–H groups in total. The number of fused-ring (bicyclic) bond motifs is 1. The van der Waals surface area contributed by atoms with Gasteiger partial charge in [-0.1, -0.05) is 20.8 Å². The fourth-order valence-electron chi connectivity index (χ4n) is 10.3. The van der Waals surface area contributed by atoms with Crippen LogP contribution in [0, 0.1) is 52.3 Å². The lowest BCUT2D eigenvalue weighted by Gasteiger charge is -2.62. The fourth-order valence-corrected chi connectivity index (χ4v) is 10.5. The Balaban J connectivity index is 1.16. The van der Waals surface area contributed by atoms with Crippen molar-refractivity contribution in [3.63, 3.8) is 0 Å². The van der Waals surface area contributed by atoms with Crippen LogP contribution in [0.2, 0.25) is 0 Å². The number of hydrogen-bond donors (Lipinski definition) is 1. The minimum atomic E-state index is -5.95. The number of esters is 2. The summed E-state index contributed by atoms with van der Waals surface area (Å²) in [5.41, 5.74) is -2.34. The predicted octanol–water partition coefficient (Wildman–Crippen LogP) is 3.43. The molecule has 0 aromatic rings. The molecule has 0 radical (unpaired) electrons. The molecule has 6 saturated carbocycles. The van der Waals surface area contributed by atoms with Gasteiger partial charge in [0.25, 0.3) is 0 Å². The molecule has 2 saturated heterocycles. The van der Waals surface area contributed by atoms with Gasteiger partial charge in [0.15, 0.2) is 12.4 Å². The molecular weight excluding hydrogens is 708 g/mol. The Morgan fingerprint density at radius 3 is 2.02 bits per heavy atom. The summed E-state index contributed by atoms with van der Waals surface area (Å²) in [5, 5.41) is -4.85. The quantitative estimate of drug-likeness (QED) is 0.241. The van der Waals surface area contributed by atoms with E-state index < -0.39 is 135 Å². The van der Waals surface area contributed by atoms with Crippen molar-refractivity contribution < 1.29 is 77.4 Å². The standard InChI is InChI=1S/C31H37F6NO11S/c1-26(2,3)24(41)38-20-16-6-17(19(18(16)22(38)39)23(40)46-12-30(36,37)50(43,44)45)21(20)49-25(42)27-7-13-4-14(8-27)31(15(5-13)9-27)47-10-28(32,33)29(34,35)11-48-31/h13-21H,4-12H2,1-3H3,(H,43,44,45). The smallest absolute Gasteiger partial charge is 0.402 e. The van der Waals surface area contributed by atoms with Crippen LogP contribution in [0.3, 0.4) is 0 Å². The molecule has 12 nitrogen and oxygen atoms in total. The van der Waals surface area contributed by atoms with E-state index in [0.29, 0.717) is 19.3 Å². The van der Waals surface area contributed by atoms with Gasteiger partial charge in [0, 0.05) is 23.2 Å². The number of imide groups is 1. The van der Waals surface area contributed by atoms with Crippen molar-refractivity contribution in [3.8, 4) is 0 Å². The molecule has 2 aliphatic heterocycles. The molecule has 8 atom stereocenters. The van der Waals surface area contributed by atoms with Crippen molar-refractivity contribution in [2.45, 2.75) is 94.3 Å². The van der Waals surface area contributed by atoms with Gasteiger partial charge in [0.1, 0.15) is 19.3 Å². The maximum absolute atomic E-state index is 14.3. The third kappa shape index (κ3) is 4.98. The monoisotopic (exact) mass is 745 g/mol. The number of ether oxygens (including phenoxy) is 4. The number of hydrogen-bond acceptors (Lipinski definition) is 10. The largest absolute Gasteiger partial charge is 0.459 e. The highest BCUT2D eigenvalue weighted by Gasteiger charge is 2.74. The molecule has 50 heavy (non-hydrogen) atoms. The highest BCUT2D eigenvalue weighted by Crippen LogP contribution is 2.67. The number of carbonyl (C=O) groups is 4. The van der Waals surface area contributed by atoms with Gasteiger partial charge in [0.2, 0.25) is 11.8 Å². The predicted molar refractivity (Wildman–Crippen MR) is 152 cm³/mol. The second-order valence-corrected chi connectivity index (χ2v) is 17.8. The lowest BCUT2D eigenvalue weighted by atomic mass is 9.47. The molecule has 8 fully saturated rings. The number of nitrogens with zero attached hydrogens (tertiary/aromatic N) is 1. The van der Waals surface area contributed by atoms with E-state index in [9.17, 15) is 53.9 Å². The Morgan fingerprint density at radius 1 is 0.940 bits per heavy atom. The Kier molecular flexibility index (Phi) is 7.73. The maximum atomic E-state index is 14.3. The van der Waals surface area contributed by atoms with Gasteiger partial charge in [-0.3, -0.25) is 28.6 Å².